The minimum atomic E-state index is -0.480. The molecule has 1 aromatic heterocycles. The van der Waals surface area contributed by atoms with Gasteiger partial charge in [0.15, 0.2) is 0 Å². The Bertz CT molecular complexity index is 1400. The van der Waals surface area contributed by atoms with Crippen LogP contribution in [0.1, 0.15) is 27.0 Å². The number of rotatable bonds is 5. The minimum Gasteiger partial charge on any atom is -0.507 e. The van der Waals surface area contributed by atoms with E-state index in [4.69, 9.17) is 28.5 Å². The molecule has 0 atom stereocenters. The number of carbonyl (C=O) groups excluding carboxylic acids is 1. The van der Waals surface area contributed by atoms with Crippen LogP contribution in [0.15, 0.2) is 72.0 Å². The molecule has 0 bridgehead atoms. The van der Waals surface area contributed by atoms with Crippen molar-refractivity contribution in [1.82, 2.24) is 9.99 Å². The quantitative estimate of drug-likeness (QED) is 0.309. The number of carbonyl (C=O) groups is 1. The van der Waals surface area contributed by atoms with E-state index in [2.05, 4.69) is 15.1 Å². The van der Waals surface area contributed by atoms with Gasteiger partial charge in [-0.05, 0) is 59.7 Å². The molecule has 3 aromatic carbocycles. The van der Waals surface area contributed by atoms with Gasteiger partial charge in [0.25, 0.3) is 5.91 Å². The number of fused-ring (bicyclic) bond motifs is 1. The molecule has 1 heterocycles. The van der Waals surface area contributed by atoms with Gasteiger partial charge < -0.3 is 9.67 Å². The summed E-state index contributed by atoms with van der Waals surface area (Å²) in [5, 5.41) is 24.6. The molecule has 2 N–H and O–H groups in total. The van der Waals surface area contributed by atoms with Crippen LogP contribution >= 0.6 is 23.2 Å². The Morgan fingerprint density at radius 1 is 1.09 bits per heavy atom. The smallest absolute Gasteiger partial charge is 0.271 e. The third kappa shape index (κ3) is 4.59. The van der Waals surface area contributed by atoms with E-state index in [-0.39, 0.29) is 16.9 Å². The lowest BCUT2D eigenvalue weighted by Gasteiger charge is -2.07. The Kier molecular flexibility index (Phi) is 6.13. The molecular weight excluding hydrogens is 447 g/mol. The normalized spacial score (nSPS) is 11.0. The largest absolute Gasteiger partial charge is 0.507 e. The van der Waals surface area contributed by atoms with Crippen LogP contribution < -0.4 is 5.43 Å². The molecule has 0 aliphatic carbocycles. The van der Waals surface area contributed by atoms with Gasteiger partial charge in [-0.2, -0.15) is 10.4 Å². The van der Waals surface area contributed by atoms with Crippen LogP contribution in [0.3, 0.4) is 0 Å². The summed E-state index contributed by atoms with van der Waals surface area (Å²) in [7, 11) is 0. The molecule has 0 saturated heterocycles. The highest BCUT2D eigenvalue weighted by atomic mass is 35.5. The van der Waals surface area contributed by atoms with Crippen molar-refractivity contribution in [3.05, 3.63) is 99.2 Å². The van der Waals surface area contributed by atoms with Gasteiger partial charge in [-0.25, -0.2) is 5.43 Å². The van der Waals surface area contributed by atoms with Crippen LogP contribution in [0.4, 0.5) is 0 Å². The van der Waals surface area contributed by atoms with Crippen molar-refractivity contribution < 1.29 is 9.90 Å². The SMILES string of the molecule is N#Cc1cc(C(=O)N/N=C/c2ccc3c(ccn3Cc3ccc(Cl)c(Cl)c3)c2)ccc1O. The monoisotopic (exact) mass is 462 g/mol. The average Bonchev–Trinajstić information content (AvgIpc) is 3.18. The van der Waals surface area contributed by atoms with Gasteiger partial charge in [0.05, 0.1) is 21.8 Å². The predicted molar refractivity (Wildman–Crippen MR) is 125 cm³/mol. The Morgan fingerprint density at radius 2 is 1.94 bits per heavy atom. The van der Waals surface area contributed by atoms with Crippen molar-refractivity contribution in [3.8, 4) is 11.8 Å². The van der Waals surface area contributed by atoms with E-state index in [1.54, 1.807) is 12.3 Å². The molecule has 6 nitrogen and oxygen atoms in total. The van der Waals surface area contributed by atoms with Gasteiger partial charge in [-0.1, -0.05) is 35.3 Å². The van der Waals surface area contributed by atoms with Crippen LogP contribution in [-0.2, 0) is 6.54 Å². The van der Waals surface area contributed by atoms with Crippen molar-refractivity contribution in [2.75, 3.05) is 0 Å². The maximum Gasteiger partial charge on any atom is 0.271 e. The first-order valence-electron chi connectivity index (χ1n) is 9.54. The summed E-state index contributed by atoms with van der Waals surface area (Å²) in [6, 6.07) is 19.3. The summed E-state index contributed by atoms with van der Waals surface area (Å²) in [4.78, 5) is 12.2. The summed E-state index contributed by atoms with van der Waals surface area (Å²) in [5.74, 6) is -0.654. The topological polar surface area (TPSA) is 90.4 Å². The highest BCUT2D eigenvalue weighted by Gasteiger charge is 2.09. The zero-order chi connectivity index (χ0) is 22.7. The van der Waals surface area contributed by atoms with E-state index >= 15 is 0 Å². The lowest BCUT2D eigenvalue weighted by Crippen LogP contribution is -2.17. The second-order valence-electron chi connectivity index (χ2n) is 7.05. The van der Waals surface area contributed by atoms with E-state index < -0.39 is 5.91 Å². The van der Waals surface area contributed by atoms with Crippen LogP contribution in [0.25, 0.3) is 10.9 Å². The number of nitriles is 1. The molecule has 32 heavy (non-hydrogen) atoms. The highest BCUT2D eigenvalue weighted by molar-refractivity contribution is 6.42. The lowest BCUT2D eigenvalue weighted by molar-refractivity contribution is 0.0955. The zero-order valence-electron chi connectivity index (χ0n) is 16.6. The number of halogens is 2. The van der Waals surface area contributed by atoms with Gasteiger partial charge >= 0.3 is 0 Å². The number of phenolic OH excluding ortho intramolecular Hbond substituents is 1. The number of nitrogens with zero attached hydrogens (tertiary/aromatic N) is 3. The summed E-state index contributed by atoms with van der Waals surface area (Å²) in [6.07, 6.45) is 3.53. The maximum absolute atomic E-state index is 12.2. The van der Waals surface area contributed by atoms with E-state index in [1.165, 1.54) is 18.2 Å². The van der Waals surface area contributed by atoms with Crippen molar-refractivity contribution in [2.45, 2.75) is 6.54 Å². The fourth-order valence-electron chi connectivity index (χ4n) is 3.27. The Hall–Kier alpha value is -3.79. The standard InChI is InChI=1S/C24H16Cl2N4O2/c25-20-4-1-16(10-21(20)26)14-30-8-7-17-9-15(2-5-22(17)30)13-28-29-24(32)18-3-6-23(31)19(11-18)12-27/h1-11,13,31H,14H2,(H,29,32)/b28-13+. The van der Waals surface area contributed by atoms with E-state index in [0.29, 0.717) is 16.6 Å². The number of hydrogen-bond acceptors (Lipinski definition) is 4. The number of benzene rings is 3. The second kappa shape index (κ2) is 9.15. The van der Waals surface area contributed by atoms with E-state index in [1.807, 2.05) is 48.7 Å². The summed E-state index contributed by atoms with van der Waals surface area (Å²) < 4.78 is 2.11. The van der Waals surface area contributed by atoms with Crippen molar-refractivity contribution in [1.29, 1.82) is 5.26 Å². The average molecular weight is 463 g/mol. The first kappa shape index (κ1) is 21.4. The van der Waals surface area contributed by atoms with Crippen LogP contribution in [0, 0.1) is 11.3 Å². The molecule has 0 radical (unpaired) electrons. The van der Waals surface area contributed by atoms with E-state index in [0.717, 1.165) is 22.0 Å². The molecule has 0 aliphatic rings. The number of aromatic hydroxyl groups is 1. The van der Waals surface area contributed by atoms with Crippen LogP contribution in [-0.4, -0.2) is 21.8 Å². The fourth-order valence-corrected chi connectivity index (χ4v) is 3.59. The number of amides is 1. The van der Waals surface area contributed by atoms with Crippen molar-refractivity contribution in [3.63, 3.8) is 0 Å². The van der Waals surface area contributed by atoms with Crippen molar-refractivity contribution >= 4 is 46.2 Å². The third-order valence-electron chi connectivity index (χ3n) is 4.89. The molecule has 8 heteroatoms. The number of hydrogen-bond donors (Lipinski definition) is 2. The minimum absolute atomic E-state index is 0.0254. The van der Waals surface area contributed by atoms with Crippen molar-refractivity contribution in [2.24, 2.45) is 5.10 Å². The Labute approximate surface area is 193 Å². The van der Waals surface area contributed by atoms with Gasteiger partial charge in [-0.3, -0.25) is 4.79 Å². The third-order valence-corrected chi connectivity index (χ3v) is 5.63. The second-order valence-corrected chi connectivity index (χ2v) is 7.87. The van der Waals surface area contributed by atoms with E-state index in [9.17, 15) is 9.90 Å². The molecule has 158 valence electrons. The van der Waals surface area contributed by atoms with Crippen LogP contribution in [0.2, 0.25) is 10.0 Å². The van der Waals surface area contributed by atoms with Gasteiger partial charge in [0.2, 0.25) is 0 Å². The molecule has 0 saturated carbocycles. The molecule has 0 unspecified atom stereocenters. The molecular formula is C24H16Cl2N4O2. The molecule has 4 rings (SSSR count). The summed E-state index contributed by atoms with van der Waals surface area (Å²) >= 11 is 12.1. The van der Waals surface area contributed by atoms with Gasteiger partial charge in [0, 0.05) is 29.2 Å². The van der Waals surface area contributed by atoms with Gasteiger partial charge in [0.1, 0.15) is 11.8 Å². The Morgan fingerprint density at radius 3 is 2.72 bits per heavy atom. The molecule has 0 aliphatic heterocycles. The maximum atomic E-state index is 12.2. The van der Waals surface area contributed by atoms with Gasteiger partial charge in [-0.15, -0.1) is 0 Å². The number of phenols is 1. The molecule has 4 aromatic rings. The Balaban J connectivity index is 1.46. The summed E-state index contributed by atoms with van der Waals surface area (Å²) in [5.41, 5.74) is 5.58. The number of nitrogens with one attached hydrogen (secondary N) is 1. The van der Waals surface area contributed by atoms with Crippen LogP contribution in [0.5, 0.6) is 5.75 Å². The first-order chi connectivity index (χ1) is 15.4. The lowest BCUT2D eigenvalue weighted by atomic mass is 10.1. The fraction of sp³-hybridized carbons (Fsp3) is 0.0417. The first-order valence-corrected chi connectivity index (χ1v) is 10.3. The number of hydrazone groups is 1. The highest BCUT2D eigenvalue weighted by Crippen LogP contribution is 2.24. The number of aromatic nitrogens is 1. The summed E-state index contributed by atoms with van der Waals surface area (Å²) in [6.45, 7) is 0.654. The molecule has 0 fully saturated rings. The molecule has 1 amide bonds. The molecule has 0 spiro atoms. The zero-order valence-corrected chi connectivity index (χ0v) is 18.1. The predicted octanol–water partition coefficient (Wildman–Crippen LogP) is 5.34.